The number of hydrogen-bond acceptors (Lipinski definition) is 3. The molecule has 162 valence electrons. The van der Waals surface area contributed by atoms with Crippen LogP contribution in [0.25, 0.3) is 0 Å². The molecular weight excluding hydrogens is 422 g/mol. The highest BCUT2D eigenvalue weighted by Crippen LogP contribution is 2.32. The van der Waals surface area contributed by atoms with Crippen LogP contribution >= 0.6 is 11.6 Å². The molecule has 2 N–H and O–H groups in total. The number of nitrogens with zero attached hydrogens (tertiary/aromatic N) is 1. The van der Waals surface area contributed by atoms with Gasteiger partial charge in [-0.3, -0.25) is 9.59 Å². The average molecular weight is 446 g/mol. The summed E-state index contributed by atoms with van der Waals surface area (Å²) in [7, 11) is 0. The third-order valence-electron chi connectivity index (χ3n) is 6.18. The summed E-state index contributed by atoms with van der Waals surface area (Å²) in [6.07, 6.45) is 2.06. The van der Waals surface area contributed by atoms with Gasteiger partial charge < -0.3 is 15.5 Å². The minimum absolute atomic E-state index is 0.101. The van der Waals surface area contributed by atoms with Crippen LogP contribution in [0, 0.1) is 0 Å². The highest BCUT2D eigenvalue weighted by molar-refractivity contribution is 6.30. The number of anilines is 2. The first-order chi connectivity index (χ1) is 15.6. The standard InChI is InChI=1S/C26H24ClN3O2/c27-20-7-4-17(5-8-20)16-30-24-10-9-21(14-19(24)6-11-25(30)31)29-26(32)22-3-1-2-18-12-13-28-15-23(18)22/h1-5,7-10,14,28H,6,11-13,15-16H2,(H,29,32). The molecule has 0 atom stereocenters. The maximum absolute atomic E-state index is 13.0. The second kappa shape index (κ2) is 8.77. The summed E-state index contributed by atoms with van der Waals surface area (Å²) in [5.41, 5.74) is 6.76. The Hall–Kier alpha value is -3.15. The monoisotopic (exact) mass is 445 g/mol. The number of halogens is 1. The predicted octanol–water partition coefficient (Wildman–Crippen LogP) is 4.72. The van der Waals surface area contributed by atoms with E-state index < -0.39 is 0 Å². The molecule has 0 radical (unpaired) electrons. The summed E-state index contributed by atoms with van der Waals surface area (Å²) in [4.78, 5) is 27.5. The Kier molecular flexibility index (Phi) is 5.68. The van der Waals surface area contributed by atoms with Crippen molar-refractivity contribution in [3.8, 4) is 0 Å². The first-order valence-electron chi connectivity index (χ1n) is 10.9. The lowest BCUT2D eigenvalue weighted by atomic mass is 9.95. The maximum atomic E-state index is 13.0. The van der Waals surface area contributed by atoms with E-state index in [9.17, 15) is 9.59 Å². The van der Waals surface area contributed by atoms with Crippen LogP contribution in [0.5, 0.6) is 0 Å². The van der Waals surface area contributed by atoms with Crippen molar-refractivity contribution < 1.29 is 9.59 Å². The van der Waals surface area contributed by atoms with Crippen LogP contribution in [-0.2, 0) is 30.7 Å². The van der Waals surface area contributed by atoms with Crippen molar-refractivity contribution in [1.29, 1.82) is 0 Å². The van der Waals surface area contributed by atoms with E-state index in [4.69, 9.17) is 11.6 Å². The van der Waals surface area contributed by atoms with Gasteiger partial charge in [0, 0.05) is 34.9 Å². The molecule has 2 heterocycles. The fourth-order valence-corrected chi connectivity index (χ4v) is 4.63. The van der Waals surface area contributed by atoms with Crippen LogP contribution in [0.15, 0.2) is 60.7 Å². The SMILES string of the molecule is O=C(Nc1ccc2c(c1)CCC(=O)N2Cc1ccc(Cl)cc1)c1cccc2c1CNCC2. The molecule has 3 aromatic carbocycles. The van der Waals surface area contributed by atoms with E-state index in [1.54, 1.807) is 0 Å². The summed E-state index contributed by atoms with van der Waals surface area (Å²) in [5, 5.41) is 7.08. The van der Waals surface area contributed by atoms with E-state index in [0.717, 1.165) is 41.0 Å². The third kappa shape index (κ3) is 4.14. The largest absolute Gasteiger partial charge is 0.322 e. The Bertz CT molecular complexity index is 1190. The lowest BCUT2D eigenvalue weighted by molar-refractivity contribution is -0.119. The summed E-state index contributed by atoms with van der Waals surface area (Å²) in [6, 6.07) is 19.3. The van der Waals surface area contributed by atoms with Crippen molar-refractivity contribution in [2.45, 2.75) is 32.4 Å². The van der Waals surface area contributed by atoms with Crippen LogP contribution in [0.3, 0.4) is 0 Å². The van der Waals surface area contributed by atoms with Crippen molar-refractivity contribution in [2.24, 2.45) is 0 Å². The van der Waals surface area contributed by atoms with Gasteiger partial charge in [-0.1, -0.05) is 35.9 Å². The second-order valence-corrected chi connectivity index (χ2v) is 8.71. The molecule has 32 heavy (non-hydrogen) atoms. The van der Waals surface area contributed by atoms with Crippen LogP contribution < -0.4 is 15.5 Å². The van der Waals surface area contributed by atoms with Crippen LogP contribution in [0.2, 0.25) is 5.02 Å². The molecule has 0 bridgehead atoms. The molecule has 6 heteroatoms. The molecular formula is C26H24ClN3O2. The lowest BCUT2D eigenvalue weighted by Crippen LogP contribution is -2.34. The first-order valence-corrected chi connectivity index (χ1v) is 11.3. The van der Waals surface area contributed by atoms with Gasteiger partial charge in [-0.2, -0.15) is 0 Å². The predicted molar refractivity (Wildman–Crippen MR) is 127 cm³/mol. The zero-order valence-corrected chi connectivity index (χ0v) is 18.4. The smallest absolute Gasteiger partial charge is 0.255 e. The molecule has 0 aromatic heterocycles. The summed E-state index contributed by atoms with van der Waals surface area (Å²) in [6.45, 7) is 2.15. The molecule has 3 aromatic rings. The van der Waals surface area contributed by atoms with Gasteiger partial charge in [0.1, 0.15) is 0 Å². The van der Waals surface area contributed by atoms with Crippen molar-refractivity contribution in [3.63, 3.8) is 0 Å². The van der Waals surface area contributed by atoms with E-state index >= 15 is 0 Å². The van der Waals surface area contributed by atoms with Crippen LogP contribution in [0.1, 0.15) is 39.0 Å². The Labute approximate surface area is 192 Å². The normalized spacial score (nSPS) is 15.2. The third-order valence-corrected chi connectivity index (χ3v) is 6.43. The molecule has 0 unspecified atom stereocenters. The van der Waals surface area contributed by atoms with Crippen LogP contribution in [0.4, 0.5) is 11.4 Å². The Morgan fingerprint density at radius 2 is 1.84 bits per heavy atom. The van der Waals surface area contributed by atoms with Crippen molar-refractivity contribution in [1.82, 2.24) is 5.32 Å². The molecule has 0 spiro atoms. The quantitative estimate of drug-likeness (QED) is 0.611. The highest BCUT2D eigenvalue weighted by Gasteiger charge is 2.25. The van der Waals surface area contributed by atoms with Gasteiger partial charge in [-0.15, -0.1) is 0 Å². The Balaban J connectivity index is 1.37. The number of rotatable bonds is 4. The van der Waals surface area contributed by atoms with Gasteiger partial charge in [0.05, 0.1) is 6.54 Å². The van der Waals surface area contributed by atoms with Crippen LogP contribution in [-0.4, -0.2) is 18.4 Å². The van der Waals surface area contributed by atoms with Gasteiger partial charge in [0.15, 0.2) is 0 Å². The maximum Gasteiger partial charge on any atom is 0.255 e. The van der Waals surface area contributed by atoms with Crippen molar-refractivity contribution >= 4 is 34.8 Å². The van der Waals surface area contributed by atoms with E-state index in [1.165, 1.54) is 5.56 Å². The number of fused-ring (bicyclic) bond motifs is 2. The van der Waals surface area contributed by atoms with Crippen molar-refractivity contribution in [3.05, 3.63) is 93.5 Å². The van der Waals surface area contributed by atoms with Gasteiger partial charge in [0.25, 0.3) is 5.91 Å². The first kappa shape index (κ1) is 20.7. The summed E-state index contributed by atoms with van der Waals surface area (Å²) in [5.74, 6) is 0.00283. The molecule has 0 saturated carbocycles. The lowest BCUT2D eigenvalue weighted by Gasteiger charge is -2.30. The topological polar surface area (TPSA) is 61.4 Å². The minimum atomic E-state index is -0.101. The van der Waals surface area contributed by atoms with Crippen molar-refractivity contribution in [2.75, 3.05) is 16.8 Å². The van der Waals surface area contributed by atoms with E-state index in [-0.39, 0.29) is 11.8 Å². The number of aryl methyl sites for hydroxylation is 1. The number of amides is 2. The van der Waals surface area contributed by atoms with Gasteiger partial charge in [0.2, 0.25) is 5.91 Å². The second-order valence-electron chi connectivity index (χ2n) is 8.27. The number of carbonyl (C=O) groups excluding carboxylic acids is 2. The molecule has 5 rings (SSSR count). The molecule has 5 nitrogen and oxygen atoms in total. The zero-order valence-electron chi connectivity index (χ0n) is 17.7. The molecule has 2 amide bonds. The molecule has 2 aliphatic heterocycles. The average Bonchev–Trinajstić information content (AvgIpc) is 2.82. The Morgan fingerprint density at radius 1 is 1.00 bits per heavy atom. The molecule has 0 saturated heterocycles. The number of carbonyl (C=O) groups is 2. The summed E-state index contributed by atoms with van der Waals surface area (Å²) >= 11 is 5.99. The fraction of sp³-hybridized carbons (Fsp3) is 0.231. The molecule has 0 aliphatic carbocycles. The molecule has 2 aliphatic rings. The van der Waals surface area contributed by atoms with E-state index in [1.807, 2.05) is 59.5 Å². The van der Waals surface area contributed by atoms with Gasteiger partial charge in [-0.25, -0.2) is 0 Å². The van der Waals surface area contributed by atoms with E-state index in [0.29, 0.717) is 36.5 Å². The Morgan fingerprint density at radius 3 is 2.69 bits per heavy atom. The minimum Gasteiger partial charge on any atom is -0.322 e. The number of hydrogen-bond donors (Lipinski definition) is 2. The van der Waals surface area contributed by atoms with Gasteiger partial charge >= 0.3 is 0 Å². The summed E-state index contributed by atoms with van der Waals surface area (Å²) < 4.78 is 0. The molecule has 0 fully saturated rings. The zero-order chi connectivity index (χ0) is 22.1. The van der Waals surface area contributed by atoms with Gasteiger partial charge in [-0.05, 0) is 78.0 Å². The number of benzene rings is 3. The number of nitrogens with one attached hydrogen (secondary N) is 2. The fourth-order valence-electron chi connectivity index (χ4n) is 4.51. The highest BCUT2D eigenvalue weighted by atomic mass is 35.5. The van der Waals surface area contributed by atoms with E-state index in [2.05, 4.69) is 16.7 Å².